The maximum absolute atomic E-state index is 5.20. The zero-order valence-electron chi connectivity index (χ0n) is 11.3. The lowest BCUT2D eigenvalue weighted by Gasteiger charge is -2.20. The van der Waals surface area contributed by atoms with Gasteiger partial charge >= 0.3 is 0 Å². The van der Waals surface area contributed by atoms with Gasteiger partial charge in [0.15, 0.2) is 0 Å². The summed E-state index contributed by atoms with van der Waals surface area (Å²) < 4.78 is 5.20. The highest BCUT2D eigenvalue weighted by Crippen LogP contribution is 2.24. The molecule has 2 unspecified atom stereocenters. The first-order valence-corrected chi connectivity index (χ1v) is 6.18. The van der Waals surface area contributed by atoms with Crippen LogP contribution < -0.4 is 5.32 Å². The molecule has 0 spiro atoms. The summed E-state index contributed by atoms with van der Waals surface area (Å²) in [5.74, 6) is 0.880. The Kier molecular flexibility index (Phi) is 3.77. The van der Waals surface area contributed by atoms with Crippen LogP contribution in [0.25, 0.3) is 0 Å². The molecule has 1 N–H and O–H groups in total. The summed E-state index contributed by atoms with van der Waals surface area (Å²) in [6.45, 7) is 8.17. The molecule has 0 saturated carbocycles. The third kappa shape index (κ3) is 2.59. The summed E-state index contributed by atoms with van der Waals surface area (Å²) in [7, 11) is 0. The molecule has 0 aliphatic rings. The van der Waals surface area contributed by atoms with E-state index >= 15 is 0 Å². The molecule has 18 heavy (non-hydrogen) atoms. The number of aromatic nitrogens is 2. The van der Waals surface area contributed by atoms with Crippen LogP contribution in [0.15, 0.2) is 29.0 Å². The Labute approximate surface area is 107 Å². The van der Waals surface area contributed by atoms with Gasteiger partial charge in [0.2, 0.25) is 0 Å². The fraction of sp³-hybridized carbons (Fsp3) is 0.429. The minimum absolute atomic E-state index is 0.200. The van der Waals surface area contributed by atoms with Gasteiger partial charge in [-0.25, -0.2) is 0 Å². The normalized spacial score (nSPS) is 14.4. The van der Waals surface area contributed by atoms with Gasteiger partial charge in [-0.15, -0.1) is 0 Å². The van der Waals surface area contributed by atoms with E-state index in [2.05, 4.69) is 35.4 Å². The van der Waals surface area contributed by atoms with Gasteiger partial charge in [0, 0.05) is 30.0 Å². The lowest BCUT2D eigenvalue weighted by atomic mass is 10.0. The van der Waals surface area contributed by atoms with Crippen LogP contribution >= 0.6 is 0 Å². The zero-order valence-corrected chi connectivity index (χ0v) is 11.3. The summed E-state index contributed by atoms with van der Waals surface area (Å²) >= 11 is 0. The van der Waals surface area contributed by atoms with E-state index in [1.807, 2.05) is 26.1 Å². The van der Waals surface area contributed by atoms with Gasteiger partial charge in [-0.1, -0.05) is 11.2 Å². The average Bonchev–Trinajstić information content (AvgIpc) is 2.70. The molecule has 2 heterocycles. The average molecular weight is 245 g/mol. The quantitative estimate of drug-likeness (QED) is 0.899. The number of nitrogens with one attached hydrogen (secondary N) is 1. The fourth-order valence-electron chi connectivity index (χ4n) is 2.29. The number of nitrogens with zero attached hydrogens (tertiary/aromatic N) is 2. The maximum atomic E-state index is 5.20. The van der Waals surface area contributed by atoms with Crippen molar-refractivity contribution in [3.8, 4) is 0 Å². The molecule has 0 saturated heterocycles. The van der Waals surface area contributed by atoms with Crippen LogP contribution in [0.1, 0.15) is 48.5 Å². The molecule has 0 aliphatic heterocycles. The molecular formula is C14H19N3O. The van der Waals surface area contributed by atoms with E-state index in [1.54, 1.807) is 6.20 Å². The minimum Gasteiger partial charge on any atom is -0.361 e. The van der Waals surface area contributed by atoms with Gasteiger partial charge in [-0.2, -0.15) is 0 Å². The largest absolute Gasteiger partial charge is 0.361 e. The van der Waals surface area contributed by atoms with Gasteiger partial charge in [0.05, 0.1) is 5.69 Å². The molecule has 4 nitrogen and oxygen atoms in total. The predicted octanol–water partition coefficient (Wildman–Crippen LogP) is 3.10. The second-order valence-electron chi connectivity index (χ2n) is 4.63. The number of pyridine rings is 1. The third-order valence-electron chi connectivity index (χ3n) is 3.21. The first-order valence-electron chi connectivity index (χ1n) is 6.18. The van der Waals surface area contributed by atoms with E-state index in [4.69, 9.17) is 4.52 Å². The van der Waals surface area contributed by atoms with Crippen molar-refractivity contribution in [2.45, 2.75) is 39.8 Å². The molecule has 0 fully saturated rings. The van der Waals surface area contributed by atoms with Crippen LogP contribution in [-0.4, -0.2) is 10.1 Å². The SMILES string of the molecule is Cc1noc(C)c1C(C)NC(C)c1cccnc1. The Morgan fingerprint density at radius 3 is 2.56 bits per heavy atom. The van der Waals surface area contributed by atoms with Crippen molar-refractivity contribution in [1.82, 2.24) is 15.5 Å². The zero-order chi connectivity index (χ0) is 13.1. The van der Waals surface area contributed by atoms with Crippen molar-refractivity contribution in [2.75, 3.05) is 0 Å². The van der Waals surface area contributed by atoms with Crippen LogP contribution in [0, 0.1) is 13.8 Å². The van der Waals surface area contributed by atoms with Crippen molar-refractivity contribution >= 4 is 0 Å². The minimum atomic E-state index is 0.200. The summed E-state index contributed by atoms with van der Waals surface area (Å²) in [5, 5.41) is 7.53. The molecule has 2 aromatic rings. The number of hydrogen-bond donors (Lipinski definition) is 1. The lowest BCUT2D eigenvalue weighted by Crippen LogP contribution is -2.23. The molecule has 2 aromatic heterocycles. The maximum Gasteiger partial charge on any atom is 0.138 e. The van der Waals surface area contributed by atoms with Crippen molar-refractivity contribution < 1.29 is 4.52 Å². The molecule has 2 rings (SSSR count). The smallest absolute Gasteiger partial charge is 0.138 e. The molecule has 0 bridgehead atoms. The highest BCUT2D eigenvalue weighted by atomic mass is 16.5. The van der Waals surface area contributed by atoms with E-state index < -0.39 is 0 Å². The molecule has 0 aliphatic carbocycles. The summed E-state index contributed by atoms with van der Waals surface area (Å²) in [6.07, 6.45) is 3.67. The standard InChI is InChI=1S/C14H19N3O/c1-9(13-6-5-7-15-8-13)16-10(2)14-11(3)17-18-12(14)4/h5-10,16H,1-4H3. The number of aryl methyl sites for hydroxylation is 2. The van der Waals surface area contributed by atoms with Gasteiger partial charge in [0.1, 0.15) is 5.76 Å². The molecule has 0 amide bonds. The topological polar surface area (TPSA) is 51.0 Å². The molecule has 0 radical (unpaired) electrons. The van der Waals surface area contributed by atoms with E-state index in [1.165, 1.54) is 5.56 Å². The van der Waals surface area contributed by atoms with Crippen molar-refractivity contribution in [2.24, 2.45) is 0 Å². The second-order valence-corrected chi connectivity index (χ2v) is 4.63. The van der Waals surface area contributed by atoms with Gasteiger partial charge in [-0.05, 0) is 39.3 Å². The highest BCUT2D eigenvalue weighted by Gasteiger charge is 2.18. The Balaban J connectivity index is 2.11. The Hall–Kier alpha value is -1.68. The summed E-state index contributed by atoms with van der Waals surface area (Å²) in [4.78, 5) is 4.14. The van der Waals surface area contributed by atoms with Crippen LogP contribution in [0.5, 0.6) is 0 Å². The fourth-order valence-corrected chi connectivity index (χ4v) is 2.29. The molecular weight excluding hydrogens is 226 g/mol. The summed E-state index contributed by atoms with van der Waals surface area (Å²) in [6, 6.07) is 4.47. The first kappa shape index (κ1) is 12.8. The van der Waals surface area contributed by atoms with E-state index in [-0.39, 0.29) is 12.1 Å². The summed E-state index contributed by atoms with van der Waals surface area (Å²) in [5.41, 5.74) is 3.27. The third-order valence-corrected chi connectivity index (χ3v) is 3.21. The number of hydrogen-bond acceptors (Lipinski definition) is 4. The monoisotopic (exact) mass is 245 g/mol. The van der Waals surface area contributed by atoms with Crippen LogP contribution in [0.2, 0.25) is 0 Å². The van der Waals surface area contributed by atoms with Gasteiger partial charge in [0.25, 0.3) is 0 Å². The van der Waals surface area contributed by atoms with Crippen LogP contribution in [0.4, 0.5) is 0 Å². The van der Waals surface area contributed by atoms with Gasteiger partial charge in [-0.3, -0.25) is 4.98 Å². The van der Waals surface area contributed by atoms with Crippen molar-refractivity contribution in [3.05, 3.63) is 47.1 Å². The second kappa shape index (κ2) is 5.31. The van der Waals surface area contributed by atoms with Crippen molar-refractivity contribution in [1.29, 1.82) is 0 Å². The van der Waals surface area contributed by atoms with Crippen LogP contribution in [-0.2, 0) is 0 Å². The van der Waals surface area contributed by atoms with E-state index in [9.17, 15) is 0 Å². The highest BCUT2D eigenvalue weighted by molar-refractivity contribution is 5.25. The Bertz CT molecular complexity index is 488. The molecule has 96 valence electrons. The van der Waals surface area contributed by atoms with Crippen LogP contribution in [0.3, 0.4) is 0 Å². The van der Waals surface area contributed by atoms with Crippen molar-refractivity contribution in [3.63, 3.8) is 0 Å². The Morgan fingerprint density at radius 2 is 2.00 bits per heavy atom. The molecule has 4 heteroatoms. The first-order chi connectivity index (χ1) is 8.59. The lowest BCUT2D eigenvalue weighted by molar-refractivity contribution is 0.389. The molecule has 2 atom stereocenters. The Morgan fingerprint density at radius 1 is 1.22 bits per heavy atom. The van der Waals surface area contributed by atoms with E-state index in [0.717, 1.165) is 17.0 Å². The molecule has 0 aromatic carbocycles. The van der Waals surface area contributed by atoms with E-state index in [0.29, 0.717) is 0 Å². The predicted molar refractivity (Wildman–Crippen MR) is 70.2 cm³/mol. The van der Waals surface area contributed by atoms with Gasteiger partial charge < -0.3 is 9.84 Å². The number of rotatable bonds is 4.